The Morgan fingerprint density at radius 2 is 1.94 bits per heavy atom. The van der Waals surface area contributed by atoms with E-state index in [1.165, 1.54) is 5.56 Å². The molecule has 0 radical (unpaired) electrons. The van der Waals surface area contributed by atoms with Crippen molar-refractivity contribution in [1.29, 1.82) is 0 Å². The monoisotopic (exact) mass is 243 g/mol. The number of hydrogen-bond donors (Lipinski definition) is 1. The predicted octanol–water partition coefficient (Wildman–Crippen LogP) is 2.68. The van der Waals surface area contributed by atoms with E-state index in [-0.39, 0.29) is 0 Å². The lowest BCUT2D eigenvalue weighted by Crippen LogP contribution is -2.02. The maximum atomic E-state index is 5.68. The highest BCUT2D eigenvalue weighted by Crippen LogP contribution is 2.22. The SMILES string of the molecule is CCCc1ccc(Oc2nnccc2CN)cc1. The van der Waals surface area contributed by atoms with Crippen LogP contribution in [0.1, 0.15) is 24.5 Å². The largest absolute Gasteiger partial charge is 0.437 e. The fourth-order valence-corrected chi connectivity index (χ4v) is 1.71. The van der Waals surface area contributed by atoms with Crippen molar-refractivity contribution < 1.29 is 4.74 Å². The average Bonchev–Trinajstić information content (AvgIpc) is 2.42. The predicted molar refractivity (Wildman–Crippen MR) is 70.4 cm³/mol. The van der Waals surface area contributed by atoms with Crippen LogP contribution in [-0.2, 0) is 13.0 Å². The van der Waals surface area contributed by atoms with Crippen molar-refractivity contribution in [2.24, 2.45) is 5.73 Å². The molecule has 0 bridgehead atoms. The summed E-state index contributed by atoms with van der Waals surface area (Å²) >= 11 is 0. The summed E-state index contributed by atoms with van der Waals surface area (Å²) in [6.45, 7) is 2.55. The molecule has 1 aromatic carbocycles. The van der Waals surface area contributed by atoms with Gasteiger partial charge >= 0.3 is 0 Å². The first-order valence-electron chi connectivity index (χ1n) is 6.11. The Kier molecular flexibility index (Phi) is 4.25. The Labute approximate surface area is 107 Å². The number of benzene rings is 1. The number of nitrogens with zero attached hydrogens (tertiary/aromatic N) is 2. The van der Waals surface area contributed by atoms with Gasteiger partial charge in [-0.05, 0) is 30.2 Å². The molecule has 0 aliphatic rings. The van der Waals surface area contributed by atoms with Crippen LogP contribution in [0.3, 0.4) is 0 Å². The Morgan fingerprint density at radius 1 is 1.17 bits per heavy atom. The van der Waals surface area contributed by atoms with Crippen LogP contribution in [0.25, 0.3) is 0 Å². The lowest BCUT2D eigenvalue weighted by atomic mass is 10.1. The Bertz CT molecular complexity index is 497. The zero-order chi connectivity index (χ0) is 12.8. The molecule has 0 spiro atoms. The number of nitrogens with two attached hydrogens (primary N) is 1. The zero-order valence-electron chi connectivity index (χ0n) is 10.5. The molecule has 0 saturated carbocycles. The second-order valence-corrected chi connectivity index (χ2v) is 4.06. The molecule has 0 aliphatic heterocycles. The van der Waals surface area contributed by atoms with Crippen LogP contribution in [0.15, 0.2) is 36.5 Å². The summed E-state index contributed by atoms with van der Waals surface area (Å²) in [7, 11) is 0. The molecule has 0 aliphatic carbocycles. The molecule has 1 heterocycles. The molecule has 2 N–H and O–H groups in total. The number of aryl methyl sites for hydroxylation is 1. The summed E-state index contributed by atoms with van der Waals surface area (Å²) in [6, 6.07) is 9.84. The normalized spacial score (nSPS) is 10.3. The highest BCUT2D eigenvalue weighted by molar-refractivity contribution is 5.33. The van der Waals surface area contributed by atoms with Crippen LogP contribution < -0.4 is 10.5 Å². The molecule has 4 nitrogen and oxygen atoms in total. The van der Waals surface area contributed by atoms with E-state index in [2.05, 4.69) is 29.3 Å². The lowest BCUT2D eigenvalue weighted by molar-refractivity contribution is 0.448. The molecule has 4 heteroatoms. The molecule has 1 aromatic heterocycles. The van der Waals surface area contributed by atoms with E-state index in [1.54, 1.807) is 6.20 Å². The Hall–Kier alpha value is -1.94. The maximum absolute atomic E-state index is 5.68. The van der Waals surface area contributed by atoms with Gasteiger partial charge in [-0.3, -0.25) is 0 Å². The lowest BCUT2D eigenvalue weighted by Gasteiger charge is -2.08. The van der Waals surface area contributed by atoms with Crippen molar-refractivity contribution in [3.8, 4) is 11.6 Å². The van der Waals surface area contributed by atoms with Gasteiger partial charge in [0.15, 0.2) is 0 Å². The third-order valence-electron chi connectivity index (χ3n) is 2.66. The van der Waals surface area contributed by atoms with Gasteiger partial charge in [-0.1, -0.05) is 25.5 Å². The van der Waals surface area contributed by atoms with E-state index in [9.17, 15) is 0 Å². The van der Waals surface area contributed by atoms with Gasteiger partial charge in [-0.25, -0.2) is 0 Å². The number of aromatic nitrogens is 2. The van der Waals surface area contributed by atoms with E-state index in [0.29, 0.717) is 12.4 Å². The van der Waals surface area contributed by atoms with Crippen LogP contribution in [0.5, 0.6) is 11.6 Å². The fourth-order valence-electron chi connectivity index (χ4n) is 1.71. The minimum atomic E-state index is 0.388. The van der Waals surface area contributed by atoms with Crippen molar-refractivity contribution in [3.05, 3.63) is 47.7 Å². The van der Waals surface area contributed by atoms with E-state index in [4.69, 9.17) is 10.5 Å². The number of hydrogen-bond acceptors (Lipinski definition) is 4. The quantitative estimate of drug-likeness (QED) is 0.877. The van der Waals surface area contributed by atoms with Crippen molar-refractivity contribution >= 4 is 0 Å². The summed E-state index contributed by atoms with van der Waals surface area (Å²) in [5.41, 5.74) is 7.78. The second-order valence-electron chi connectivity index (χ2n) is 4.06. The van der Waals surface area contributed by atoms with Crippen LogP contribution in [0, 0.1) is 0 Å². The number of ether oxygens (including phenoxy) is 1. The van der Waals surface area contributed by atoms with Crippen LogP contribution in [-0.4, -0.2) is 10.2 Å². The van der Waals surface area contributed by atoms with E-state index in [0.717, 1.165) is 24.2 Å². The van der Waals surface area contributed by atoms with Gasteiger partial charge in [-0.2, -0.15) is 5.10 Å². The third-order valence-corrected chi connectivity index (χ3v) is 2.66. The van der Waals surface area contributed by atoms with Crippen molar-refractivity contribution in [3.63, 3.8) is 0 Å². The van der Waals surface area contributed by atoms with Gasteiger partial charge < -0.3 is 10.5 Å². The molecule has 94 valence electrons. The topological polar surface area (TPSA) is 61.0 Å². The molecule has 18 heavy (non-hydrogen) atoms. The summed E-state index contributed by atoms with van der Waals surface area (Å²) in [5.74, 6) is 1.23. The van der Waals surface area contributed by atoms with Crippen molar-refractivity contribution in [2.75, 3.05) is 0 Å². The molecule has 0 fully saturated rings. The zero-order valence-corrected chi connectivity index (χ0v) is 10.5. The van der Waals surface area contributed by atoms with Crippen LogP contribution >= 0.6 is 0 Å². The smallest absolute Gasteiger partial charge is 0.243 e. The van der Waals surface area contributed by atoms with Crippen molar-refractivity contribution in [1.82, 2.24) is 10.2 Å². The second kappa shape index (κ2) is 6.12. The minimum Gasteiger partial charge on any atom is -0.437 e. The van der Waals surface area contributed by atoms with Gasteiger partial charge in [-0.15, -0.1) is 5.10 Å². The summed E-state index contributed by atoms with van der Waals surface area (Å²) < 4.78 is 5.68. The molecule has 0 amide bonds. The first kappa shape index (κ1) is 12.5. The summed E-state index contributed by atoms with van der Waals surface area (Å²) in [4.78, 5) is 0. The van der Waals surface area contributed by atoms with E-state index < -0.39 is 0 Å². The van der Waals surface area contributed by atoms with E-state index in [1.807, 2.05) is 18.2 Å². The fraction of sp³-hybridized carbons (Fsp3) is 0.286. The third kappa shape index (κ3) is 3.05. The van der Waals surface area contributed by atoms with Gasteiger partial charge in [0, 0.05) is 12.1 Å². The summed E-state index contributed by atoms with van der Waals surface area (Å²) in [6.07, 6.45) is 3.83. The van der Waals surface area contributed by atoms with Gasteiger partial charge in [0.25, 0.3) is 0 Å². The first-order chi connectivity index (χ1) is 8.83. The van der Waals surface area contributed by atoms with Crippen LogP contribution in [0.2, 0.25) is 0 Å². The van der Waals surface area contributed by atoms with Crippen molar-refractivity contribution in [2.45, 2.75) is 26.3 Å². The van der Waals surface area contributed by atoms with Gasteiger partial charge in [0.2, 0.25) is 5.88 Å². The highest BCUT2D eigenvalue weighted by Gasteiger charge is 2.05. The van der Waals surface area contributed by atoms with Crippen LogP contribution in [0.4, 0.5) is 0 Å². The first-order valence-corrected chi connectivity index (χ1v) is 6.11. The molecule has 2 rings (SSSR count). The molecular weight excluding hydrogens is 226 g/mol. The molecule has 0 atom stereocenters. The van der Waals surface area contributed by atoms with Gasteiger partial charge in [0.05, 0.1) is 6.20 Å². The minimum absolute atomic E-state index is 0.388. The highest BCUT2D eigenvalue weighted by atomic mass is 16.5. The molecule has 0 saturated heterocycles. The molecule has 0 unspecified atom stereocenters. The molecule has 2 aromatic rings. The summed E-state index contributed by atoms with van der Waals surface area (Å²) in [5, 5.41) is 7.76. The molecular formula is C14H17N3O. The van der Waals surface area contributed by atoms with E-state index >= 15 is 0 Å². The number of rotatable bonds is 5. The maximum Gasteiger partial charge on any atom is 0.243 e. The average molecular weight is 243 g/mol. The Balaban J connectivity index is 2.13. The van der Waals surface area contributed by atoms with Gasteiger partial charge in [0.1, 0.15) is 5.75 Å². The Morgan fingerprint density at radius 3 is 2.61 bits per heavy atom. The standard InChI is InChI=1S/C14H17N3O/c1-2-3-11-4-6-13(7-5-11)18-14-12(10-15)8-9-16-17-14/h4-9H,2-3,10,15H2,1H3.